The second-order valence-corrected chi connectivity index (χ2v) is 4.88. The monoisotopic (exact) mass is 239 g/mol. The van der Waals surface area contributed by atoms with Gasteiger partial charge in [0, 0.05) is 24.3 Å². The van der Waals surface area contributed by atoms with Crippen LogP contribution in [0.2, 0.25) is 5.02 Å². The number of nitrogens with two attached hydrogens (primary N) is 1. The number of piperidine rings is 1. The van der Waals surface area contributed by atoms with E-state index in [2.05, 4.69) is 9.88 Å². The number of halogens is 1. The molecule has 1 unspecified atom stereocenters. The van der Waals surface area contributed by atoms with Crippen molar-refractivity contribution >= 4 is 11.6 Å². The number of aromatic nitrogens is 1. The fourth-order valence-electron chi connectivity index (χ4n) is 2.25. The van der Waals surface area contributed by atoms with Crippen molar-refractivity contribution in [2.24, 2.45) is 11.7 Å². The van der Waals surface area contributed by atoms with E-state index in [4.69, 9.17) is 17.3 Å². The Hall–Kier alpha value is -0.640. The predicted octanol–water partition coefficient (Wildman–Crippen LogP) is 1.91. The van der Waals surface area contributed by atoms with Gasteiger partial charge >= 0.3 is 0 Å². The lowest BCUT2D eigenvalue weighted by Crippen LogP contribution is -2.38. The van der Waals surface area contributed by atoms with E-state index in [9.17, 15) is 0 Å². The Morgan fingerprint density at radius 1 is 1.56 bits per heavy atom. The van der Waals surface area contributed by atoms with E-state index in [0.717, 1.165) is 36.9 Å². The Balaban J connectivity index is 1.94. The van der Waals surface area contributed by atoms with Gasteiger partial charge in [-0.15, -0.1) is 0 Å². The highest BCUT2D eigenvalue weighted by molar-refractivity contribution is 6.30. The number of pyridine rings is 1. The zero-order chi connectivity index (χ0) is 11.4. The number of hydrogen-bond acceptors (Lipinski definition) is 3. The molecule has 1 atom stereocenters. The average molecular weight is 240 g/mol. The molecule has 3 nitrogen and oxygen atoms in total. The maximum Gasteiger partial charge on any atom is 0.0558 e. The van der Waals surface area contributed by atoms with Crippen LogP contribution in [-0.4, -0.2) is 29.5 Å². The van der Waals surface area contributed by atoms with Crippen LogP contribution in [0.15, 0.2) is 18.3 Å². The van der Waals surface area contributed by atoms with E-state index in [1.165, 1.54) is 12.8 Å². The van der Waals surface area contributed by atoms with E-state index < -0.39 is 0 Å². The fraction of sp³-hybridized carbons (Fsp3) is 0.583. The Morgan fingerprint density at radius 3 is 3.19 bits per heavy atom. The minimum absolute atomic E-state index is 0.646. The summed E-state index contributed by atoms with van der Waals surface area (Å²) in [6.45, 7) is 3.91. The van der Waals surface area contributed by atoms with Crippen LogP contribution in [0.4, 0.5) is 0 Å². The van der Waals surface area contributed by atoms with Crippen molar-refractivity contribution < 1.29 is 0 Å². The van der Waals surface area contributed by atoms with E-state index >= 15 is 0 Å². The van der Waals surface area contributed by atoms with Crippen LogP contribution in [0.5, 0.6) is 0 Å². The van der Waals surface area contributed by atoms with Crippen molar-refractivity contribution in [2.45, 2.75) is 19.4 Å². The lowest BCUT2D eigenvalue weighted by Gasteiger charge is -2.31. The molecule has 0 aliphatic carbocycles. The summed E-state index contributed by atoms with van der Waals surface area (Å²) in [6.07, 6.45) is 4.26. The van der Waals surface area contributed by atoms with E-state index in [-0.39, 0.29) is 0 Å². The number of likely N-dealkylation sites (tertiary alicyclic amines) is 1. The molecule has 1 saturated heterocycles. The van der Waals surface area contributed by atoms with Crippen molar-refractivity contribution in [1.29, 1.82) is 0 Å². The molecule has 1 aromatic rings. The maximum absolute atomic E-state index is 5.94. The minimum Gasteiger partial charge on any atom is -0.330 e. The van der Waals surface area contributed by atoms with Gasteiger partial charge < -0.3 is 5.73 Å². The lowest BCUT2D eigenvalue weighted by atomic mass is 9.98. The van der Waals surface area contributed by atoms with Crippen LogP contribution in [0, 0.1) is 5.92 Å². The summed E-state index contributed by atoms with van der Waals surface area (Å²) in [6, 6.07) is 3.75. The molecule has 88 valence electrons. The molecule has 1 fully saturated rings. The highest BCUT2D eigenvalue weighted by Gasteiger charge is 2.18. The van der Waals surface area contributed by atoms with Crippen LogP contribution >= 0.6 is 11.6 Å². The summed E-state index contributed by atoms with van der Waals surface area (Å²) in [7, 11) is 0. The van der Waals surface area contributed by atoms with Crippen LogP contribution in [0.3, 0.4) is 0 Å². The highest BCUT2D eigenvalue weighted by Crippen LogP contribution is 2.18. The summed E-state index contributed by atoms with van der Waals surface area (Å²) in [4.78, 5) is 6.74. The molecule has 4 heteroatoms. The van der Waals surface area contributed by atoms with Gasteiger partial charge in [0.05, 0.1) is 5.69 Å². The van der Waals surface area contributed by atoms with Gasteiger partial charge in [0.25, 0.3) is 0 Å². The van der Waals surface area contributed by atoms with Gasteiger partial charge in [0.15, 0.2) is 0 Å². The fourth-order valence-corrected chi connectivity index (χ4v) is 2.43. The van der Waals surface area contributed by atoms with Crippen LogP contribution < -0.4 is 5.73 Å². The van der Waals surface area contributed by atoms with Crippen LogP contribution in [-0.2, 0) is 6.54 Å². The third-order valence-electron chi connectivity index (χ3n) is 3.10. The summed E-state index contributed by atoms with van der Waals surface area (Å²) in [5.74, 6) is 0.646. The molecular formula is C12H18ClN3. The van der Waals surface area contributed by atoms with Crippen LogP contribution in [0.1, 0.15) is 18.5 Å². The summed E-state index contributed by atoms with van der Waals surface area (Å²) in [5.41, 5.74) is 6.77. The van der Waals surface area contributed by atoms with Gasteiger partial charge in [0.2, 0.25) is 0 Å². The molecule has 1 aliphatic heterocycles. The molecule has 0 aromatic carbocycles. The average Bonchev–Trinajstić information content (AvgIpc) is 2.29. The number of nitrogens with zero attached hydrogens (tertiary/aromatic N) is 2. The SMILES string of the molecule is NCC1CCCN(Cc2cc(Cl)ccn2)C1. The predicted molar refractivity (Wildman–Crippen MR) is 66.3 cm³/mol. The molecule has 2 rings (SSSR count). The highest BCUT2D eigenvalue weighted by atomic mass is 35.5. The van der Waals surface area contributed by atoms with Gasteiger partial charge in [-0.05, 0) is 44.0 Å². The normalized spacial score (nSPS) is 22.2. The first-order chi connectivity index (χ1) is 7.78. The first kappa shape index (κ1) is 11.8. The Labute approximate surface area is 102 Å². The zero-order valence-corrected chi connectivity index (χ0v) is 10.2. The van der Waals surface area contributed by atoms with Crippen LogP contribution in [0.25, 0.3) is 0 Å². The molecule has 1 aliphatic rings. The van der Waals surface area contributed by atoms with Gasteiger partial charge in [-0.25, -0.2) is 0 Å². The summed E-state index contributed by atoms with van der Waals surface area (Å²) < 4.78 is 0. The summed E-state index contributed by atoms with van der Waals surface area (Å²) in [5, 5.41) is 0.761. The minimum atomic E-state index is 0.646. The smallest absolute Gasteiger partial charge is 0.0558 e. The van der Waals surface area contributed by atoms with Gasteiger partial charge in [-0.3, -0.25) is 9.88 Å². The van der Waals surface area contributed by atoms with Crippen molar-refractivity contribution in [3.63, 3.8) is 0 Å². The van der Waals surface area contributed by atoms with Gasteiger partial charge in [-0.1, -0.05) is 11.6 Å². The molecule has 0 spiro atoms. The first-order valence-corrected chi connectivity index (χ1v) is 6.18. The topological polar surface area (TPSA) is 42.1 Å². The van der Waals surface area contributed by atoms with Crippen molar-refractivity contribution in [2.75, 3.05) is 19.6 Å². The Kier molecular flexibility index (Phi) is 4.16. The molecule has 0 radical (unpaired) electrons. The lowest BCUT2D eigenvalue weighted by molar-refractivity contribution is 0.169. The number of hydrogen-bond donors (Lipinski definition) is 1. The zero-order valence-electron chi connectivity index (χ0n) is 9.40. The molecule has 2 N–H and O–H groups in total. The third kappa shape index (κ3) is 3.17. The quantitative estimate of drug-likeness (QED) is 0.876. The van der Waals surface area contributed by atoms with E-state index in [1.807, 2.05) is 12.1 Å². The van der Waals surface area contributed by atoms with E-state index in [1.54, 1.807) is 6.20 Å². The molecule has 2 heterocycles. The molecular weight excluding hydrogens is 222 g/mol. The second-order valence-electron chi connectivity index (χ2n) is 4.44. The van der Waals surface area contributed by atoms with Gasteiger partial charge in [-0.2, -0.15) is 0 Å². The van der Waals surface area contributed by atoms with Crippen molar-refractivity contribution in [1.82, 2.24) is 9.88 Å². The second kappa shape index (κ2) is 5.62. The van der Waals surface area contributed by atoms with Crippen molar-refractivity contribution in [3.8, 4) is 0 Å². The largest absolute Gasteiger partial charge is 0.330 e. The standard InChI is InChI=1S/C12H18ClN3/c13-11-3-4-15-12(6-11)9-16-5-1-2-10(7-14)8-16/h3-4,6,10H,1-2,5,7-9,14H2. The van der Waals surface area contributed by atoms with E-state index in [0.29, 0.717) is 5.92 Å². The molecule has 0 saturated carbocycles. The van der Waals surface area contributed by atoms with Crippen molar-refractivity contribution in [3.05, 3.63) is 29.0 Å². The molecule has 16 heavy (non-hydrogen) atoms. The Bertz CT molecular complexity index is 343. The summed E-state index contributed by atoms with van der Waals surface area (Å²) >= 11 is 5.94. The first-order valence-electron chi connectivity index (χ1n) is 5.81. The molecule has 0 amide bonds. The molecule has 0 bridgehead atoms. The van der Waals surface area contributed by atoms with Gasteiger partial charge in [0.1, 0.15) is 0 Å². The Morgan fingerprint density at radius 2 is 2.44 bits per heavy atom. The molecule has 1 aromatic heterocycles. The third-order valence-corrected chi connectivity index (χ3v) is 3.34. The number of rotatable bonds is 3. The maximum atomic E-state index is 5.94.